The van der Waals surface area contributed by atoms with E-state index in [4.69, 9.17) is 0 Å². The van der Waals surface area contributed by atoms with Gasteiger partial charge in [0.05, 0.1) is 17.7 Å². The number of aryl methyl sites for hydroxylation is 2. The first kappa shape index (κ1) is 19.9. The molecule has 1 heterocycles. The van der Waals surface area contributed by atoms with Gasteiger partial charge in [-0.25, -0.2) is 12.7 Å². The van der Waals surface area contributed by atoms with Crippen LogP contribution in [0.25, 0.3) is 0 Å². The van der Waals surface area contributed by atoms with Crippen LogP contribution in [0.2, 0.25) is 0 Å². The molecule has 25 heavy (non-hydrogen) atoms. The van der Waals surface area contributed by atoms with E-state index in [2.05, 4.69) is 23.5 Å². The Morgan fingerprint density at radius 3 is 2.76 bits per heavy atom. The van der Waals surface area contributed by atoms with Gasteiger partial charge >= 0.3 is 0 Å². The highest BCUT2D eigenvalue weighted by molar-refractivity contribution is 7.89. The van der Waals surface area contributed by atoms with E-state index in [1.165, 1.54) is 4.31 Å². The molecule has 140 valence electrons. The van der Waals surface area contributed by atoms with E-state index in [0.717, 1.165) is 29.5 Å². The molecule has 1 fully saturated rings. The fourth-order valence-electron chi connectivity index (χ4n) is 3.43. The Bertz CT molecular complexity index is 715. The summed E-state index contributed by atoms with van der Waals surface area (Å²) in [5.41, 5.74) is 3.42. The van der Waals surface area contributed by atoms with Crippen molar-refractivity contribution in [3.8, 4) is 0 Å². The first-order chi connectivity index (χ1) is 11.7. The van der Waals surface area contributed by atoms with Gasteiger partial charge in [0.15, 0.2) is 0 Å². The third kappa shape index (κ3) is 5.05. The van der Waals surface area contributed by atoms with Crippen molar-refractivity contribution in [3.05, 3.63) is 34.9 Å². The fraction of sp³-hybridized carbons (Fsp3) is 0.632. The van der Waals surface area contributed by atoms with Crippen molar-refractivity contribution in [1.29, 1.82) is 0 Å². The molecule has 1 amide bonds. The number of benzene rings is 1. The lowest BCUT2D eigenvalue weighted by Gasteiger charge is -2.32. The minimum atomic E-state index is -3.24. The summed E-state index contributed by atoms with van der Waals surface area (Å²) < 4.78 is 26.0. The Morgan fingerprint density at radius 1 is 1.36 bits per heavy atom. The molecular formula is C19H30N2O3S. The van der Waals surface area contributed by atoms with Crippen LogP contribution in [0.15, 0.2) is 18.2 Å². The van der Waals surface area contributed by atoms with Crippen molar-refractivity contribution in [2.75, 3.05) is 18.8 Å². The third-order valence-electron chi connectivity index (χ3n) is 4.87. The first-order valence-electron chi connectivity index (χ1n) is 9.10. The smallest absolute Gasteiger partial charge is 0.224 e. The second kappa shape index (κ2) is 8.32. The van der Waals surface area contributed by atoms with Gasteiger partial charge in [-0.1, -0.05) is 30.7 Å². The number of piperidine rings is 1. The molecule has 0 radical (unpaired) electrons. The summed E-state index contributed by atoms with van der Waals surface area (Å²) in [5.74, 6) is -0.169. The average molecular weight is 367 g/mol. The first-order valence-corrected chi connectivity index (χ1v) is 10.7. The number of rotatable bonds is 6. The van der Waals surface area contributed by atoms with Gasteiger partial charge in [-0.15, -0.1) is 0 Å². The van der Waals surface area contributed by atoms with Crippen LogP contribution in [-0.2, 0) is 14.8 Å². The Labute approximate surface area is 151 Å². The lowest BCUT2D eigenvalue weighted by Crippen LogP contribution is -2.46. The highest BCUT2D eigenvalue weighted by Gasteiger charge is 2.32. The maximum Gasteiger partial charge on any atom is 0.224 e. The van der Waals surface area contributed by atoms with E-state index in [9.17, 15) is 13.2 Å². The Morgan fingerprint density at radius 2 is 2.08 bits per heavy atom. The van der Waals surface area contributed by atoms with Gasteiger partial charge in [-0.05, 0) is 51.2 Å². The second-order valence-electron chi connectivity index (χ2n) is 7.10. The summed E-state index contributed by atoms with van der Waals surface area (Å²) >= 11 is 0. The minimum Gasteiger partial charge on any atom is -0.349 e. The van der Waals surface area contributed by atoms with Crippen molar-refractivity contribution in [1.82, 2.24) is 9.62 Å². The van der Waals surface area contributed by atoms with Gasteiger partial charge in [-0.2, -0.15) is 0 Å². The number of amides is 1. The Hall–Kier alpha value is -1.40. The van der Waals surface area contributed by atoms with Gasteiger partial charge < -0.3 is 5.32 Å². The number of sulfonamides is 1. The zero-order valence-electron chi connectivity index (χ0n) is 15.7. The molecule has 1 saturated heterocycles. The van der Waals surface area contributed by atoms with Crippen molar-refractivity contribution in [3.63, 3.8) is 0 Å². The topological polar surface area (TPSA) is 66.5 Å². The summed E-state index contributed by atoms with van der Waals surface area (Å²) in [4.78, 5) is 12.7. The van der Waals surface area contributed by atoms with Crippen LogP contribution < -0.4 is 5.32 Å². The molecule has 5 nitrogen and oxygen atoms in total. The number of hydrogen-bond acceptors (Lipinski definition) is 3. The predicted molar refractivity (Wildman–Crippen MR) is 101 cm³/mol. The molecule has 0 spiro atoms. The van der Waals surface area contributed by atoms with Crippen molar-refractivity contribution >= 4 is 15.9 Å². The summed E-state index contributed by atoms with van der Waals surface area (Å²) in [6.45, 7) is 8.74. The van der Waals surface area contributed by atoms with Gasteiger partial charge in [0.25, 0.3) is 0 Å². The molecular weight excluding hydrogens is 336 g/mol. The summed E-state index contributed by atoms with van der Waals surface area (Å²) in [6.07, 6.45) is 2.07. The molecule has 0 aromatic heterocycles. The lowest BCUT2D eigenvalue weighted by atomic mass is 9.96. The second-order valence-corrected chi connectivity index (χ2v) is 9.19. The fourth-order valence-corrected chi connectivity index (χ4v) is 5.02. The molecule has 0 bridgehead atoms. The molecule has 1 aromatic rings. The Balaban J connectivity index is 2.04. The van der Waals surface area contributed by atoms with Crippen molar-refractivity contribution in [2.24, 2.45) is 5.92 Å². The van der Waals surface area contributed by atoms with E-state index in [-0.39, 0.29) is 23.6 Å². The van der Waals surface area contributed by atoms with Crippen LogP contribution in [-0.4, -0.2) is 37.5 Å². The van der Waals surface area contributed by atoms with Crippen LogP contribution in [0, 0.1) is 19.8 Å². The van der Waals surface area contributed by atoms with Gasteiger partial charge in [0.1, 0.15) is 0 Å². The Kier molecular flexibility index (Phi) is 6.63. The van der Waals surface area contributed by atoms with Crippen LogP contribution in [0.1, 0.15) is 55.8 Å². The van der Waals surface area contributed by atoms with Crippen LogP contribution in [0.3, 0.4) is 0 Å². The molecule has 2 atom stereocenters. The number of nitrogens with zero attached hydrogens (tertiary/aromatic N) is 1. The summed E-state index contributed by atoms with van der Waals surface area (Å²) in [6, 6.07) is 6.13. The molecule has 1 aliphatic heterocycles. The van der Waals surface area contributed by atoms with E-state index < -0.39 is 10.0 Å². The molecule has 1 aliphatic rings. The standard InChI is InChI=1S/C19H30N2O3S/c1-5-11-25(23,24)21-10-6-7-17(13-21)19(22)20-16(4)18-12-14(2)8-9-15(18)3/h8-9,12,16-17H,5-7,10-11,13H2,1-4H3,(H,20,22). The van der Waals surface area contributed by atoms with Gasteiger partial charge in [0, 0.05) is 13.1 Å². The van der Waals surface area contributed by atoms with Crippen LogP contribution >= 0.6 is 0 Å². The molecule has 1 N–H and O–H groups in total. The minimum absolute atomic E-state index is 0.0511. The van der Waals surface area contributed by atoms with Crippen LogP contribution in [0.5, 0.6) is 0 Å². The van der Waals surface area contributed by atoms with E-state index in [1.54, 1.807) is 0 Å². The lowest BCUT2D eigenvalue weighted by molar-refractivity contribution is -0.126. The quantitative estimate of drug-likeness (QED) is 0.842. The monoisotopic (exact) mass is 366 g/mol. The molecule has 0 saturated carbocycles. The maximum atomic E-state index is 12.7. The van der Waals surface area contributed by atoms with Crippen molar-refractivity contribution < 1.29 is 13.2 Å². The largest absolute Gasteiger partial charge is 0.349 e. The average Bonchev–Trinajstić information content (AvgIpc) is 2.57. The van der Waals surface area contributed by atoms with E-state index >= 15 is 0 Å². The van der Waals surface area contributed by atoms with Crippen molar-refractivity contribution in [2.45, 2.75) is 53.0 Å². The predicted octanol–water partition coefficient (Wildman–Crippen LogP) is 2.93. The SMILES string of the molecule is CCCS(=O)(=O)N1CCCC(C(=O)NC(C)c2cc(C)ccc2C)C1. The van der Waals surface area contributed by atoms with E-state index in [0.29, 0.717) is 19.5 Å². The molecule has 0 aliphatic carbocycles. The highest BCUT2D eigenvalue weighted by atomic mass is 32.2. The summed E-state index contributed by atoms with van der Waals surface area (Å²) in [7, 11) is -3.24. The zero-order chi connectivity index (χ0) is 18.6. The van der Waals surface area contributed by atoms with Crippen LogP contribution in [0.4, 0.5) is 0 Å². The number of carbonyl (C=O) groups is 1. The van der Waals surface area contributed by atoms with Gasteiger partial charge in [-0.3, -0.25) is 4.79 Å². The molecule has 2 rings (SSSR count). The number of nitrogens with one attached hydrogen (secondary N) is 1. The normalized spacial score (nSPS) is 20.2. The summed E-state index contributed by atoms with van der Waals surface area (Å²) in [5, 5.41) is 3.08. The molecule has 1 aromatic carbocycles. The highest BCUT2D eigenvalue weighted by Crippen LogP contribution is 2.23. The third-order valence-corrected chi connectivity index (χ3v) is 6.91. The molecule has 6 heteroatoms. The number of carbonyl (C=O) groups excluding carboxylic acids is 1. The van der Waals surface area contributed by atoms with E-state index in [1.807, 2.05) is 27.7 Å². The van der Waals surface area contributed by atoms with Gasteiger partial charge in [0.2, 0.25) is 15.9 Å². The number of hydrogen-bond donors (Lipinski definition) is 1. The maximum absolute atomic E-state index is 12.7. The molecule has 2 unspecified atom stereocenters. The zero-order valence-corrected chi connectivity index (χ0v) is 16.5.